The number of benzene rings is 1. The summed E-state index contributed by atoms with van der Waals surface area (Å²) in [5.74, 6) is 0.677. The van der Waals surface area contributed by atoms with Crippen molar-refractivity contribution in [1.82, 2.24) is 15.3 Å². The number of nitrogens with zero attached hydrogens (tertiary/aromatic N) is 1. The van der Waals surface area contributed by atoms with Gasteiger partial charge in [-0.25, -0.2) is 4.98 Å². The second kappa shape index (κ2) is 9.57. The van der Waals surface area contributed by atoms with Gasteiger partial charge in [-0.15, -0.1) is 0 Å². The normalized spacial score (nSPS) is 15.4. The zero-order valence-electron chi connectivity index (χ0n) is 14.9. The lowest BCUT2D eigenvalue weighted by Gasteiger charge is -2.16. The van der Waals surface area contributed by atoms with Crippen molar-refractivity contribution in [3.8, 4) is 0 Å². The van der Waals surface area contributed by atoms with Gasteiger partial charge in [-0.05, 0) is 18.4 Å². The third kappa shape index (κ3) is 6.02. The van der Waals surface area contributed by atoms with Crippen molar-refractivity contribution < 1.29 is 4.79 Å². The molecule has 1 aromatic carbocycles. The molecule has 0 bridgehead atoms. The van der Waals surface area contributed by atoms with Crippen LogP contribution < -0.4 is 10.9 Å². The SMILES string of the molecule is O=C(Cc1cc(=O)[nH]c(SCc2ccccc2)n1)NC1CCCCCC1. The second-order valence-electron chi connectivity index (χ2n) is 6.75. The summed E-state index contributed by atoms with van der Waals surface area (Å²) in [4.78, 5) is 31.4. The van der Waals surface area contributed by atoms with E-state index in [4.69, 9.17) is 0 Å². The first-order valence-electron chi connectivity index (χ1n) is 9.25. The minimum Gasteiger partial charge on any atom is -0.353 e. The van der Waals surface area contributed by atoms with E-state index >= 15 is 0 Å². The fourth-order valence-corrected chi connectivity index (χ4v) is 4.09. The highest BCUT2D eigenvalue weighted by Crippen LogP contribution is 2.19. The lowest BCUT2D eigenvalue weighted by atomic mass is 10.1. The van der Waals surface area contributed by atoms with Gasteiger partial charge in [0, 0.05) is 17.9 Å². The second-order valence-corrected chi connectivity index (χ2v) is 7.71. The first kappa shape index (κ1) is 18.7. The molecule has 1 amide bonds. The van der Waals surface area contributed by atoms with Gasteiger partial charge < -0.3 is 10.3 Å². The molecule has 26 heavy (non-hydrogen) atoms. The molecule has 1 heterocycles. The number of thioether (sulfide) groups is 1. The molecule has 6 heteroatoms. The summed E-state index contributed by atoms with van der Waals surface area (Å²) < 4.78 is 0. The molecule has 1 aliphatic rings. The van der Waals surface area contributed by atoms with Crippen molar-refractivity contribution in [2.45, 2.75) is 61.9 Å². The van der Waals surface area contributed by atoms with Gasteiger partial charge in [0.05, 0.1) is 12.1 Å². The molecule has 1 saturated carbocycles. The zero-order chi connectivity index (χ0) is 18.2. The molecule has 0 spiro atoms. The van der Waals surface area contributed by atoms with Gasteiger partial charge in [0.25, 0.3) is 5.56 Å². The number of rotatable bonds is 6. The monoisotopic (exact) mass is 371 g/mol. The number of amides is 1. The fraction of sp³-hybridized carbons (Fsp3) is 0.450. The van der Waals surface area contributed by atoms with Crippen LogP contribution in [0.5, 0.6) is 0 Å². The highest BCUT2D eigenvalue weighted by Gasteiger charge is 2.15. The summed E-state index contributed by atoms with van der Waals surface area (Å²) in [7, 11) is 0. The number of H-pyrrole nitrogens is 1. The van der Waals surface area contributed by atoms with Gasteiger partial charge in [0.2, 0.25) is 5.91 Å². The maximum absolute atomic E-state index is 12.3. The number of nitrogens with one attached hydrogen (secondary N) is 2. The molecule has 2 N–H and O–H groups in total. The maximum Gasteiger partial charge on any atom is 0.251 e. The van der Waals surface area contributed by atoms with Crippen LogP contribution in [0.25, 0.3) is 0 Å². The van der Waals surface area contributed by atoms with Gasteiger partial charge in [-0.2, -0.15) is 0 Å². The fourth-order valence-electron chi connectivity index (χ4n) is 3.24. The Balaban J connectivity index is 1.58. The molecule has 0 unspecified atom stereocenters. The Morgan fingerprint density at radius 3 is 2.62 bits per heavy atom. The van der Waals surface area contributed by atoms with E-state index in [-0.39, 0.29) is 23.9 Å². The quantitative estimate of drug-likeness (QED) is 0.463. The van der Waals surface area contributed by atoms with Gasteiger partial charge in [0.1, 0.15) is 0 Å². The number of aromatic amines is 1. The minimum atomic E-state index is -0.215. The van der Waals surface area contributed by atoms with Crippen molar-refractivity contribution in [1.29, 1.82) is 0 Å². The van der Waals surface area contributed by atoms with Crippen LogP contribution >= 0.6 is 11.8 Å². The number of aromatic nitrogens is 2. The molecule has 0 radical (unpaired) electrons. The highest BCUT2D eigenvalue weighted by molar-refractivity contribution is 7.98. The van der Waals surface area contributed by atoms with Crippen molar-refractivity contribution in [2.75, 3.05) is 0 Å². The lowest BCUT2D eigenvalue weighted by molar-refractivity contribution is -0.121. The van der Waals surface area contributed by atoms with Crippen LogP contribution in [-0.4, -0.2) is 21.9 Å². The van der Waals surface area contributed by atoms with Gasteiger partial charge in [0.15, 0.2) is 5.16 Å². The van der Waals surface area contributed by atoms with Crippen molar-refractivity contribution in [3.05, 3.63) is 58.0 Å². The van der Waals surface area contributed by atoms with E-state index in [9.17, 15) is 9.59 Å². The Morgan fingerprint density at radius 2 is 1.88 bits per heavy atom. The molecule has 5 nitrogen and oxygen atoms in total. The van der Waals surface area contributed by atoms with E-state index in [0.29, 0.717) is 10.9 Å². The van der Waals surface area contributed by atoms with Crippen LogP contribution in [0, 0.1) is 0 Å². The molecule has 1 fully saturated rings. The van der Waals surface area contributed by atoms with Crippen LogP contribution in [-0.2, 0) is 17.0 Å². The Labute approximate surface area is 158 Å². The Bertz CT molecular complexity index is 768. The smallest absolute Gasteiger partial charge is 0.251 e. The number of carbonyl (C=O) groups excluding carboxylic acids is 1. The summed E-state index contributed by atoms with van der Waals surface area (Å²) in [6, 6.07) is 11.7. The minimum absolute atomic E-state index is 0.0472. The third-order valence-corrected chi connectivity index (χ3v) is 5.50. The van der Waals surface area contributed by atoms with Crippen LogP contribution in [0.2, 0.25) is 0 Å². The molecule has 1 aliphatic carbocycles. The Hall–Kier alpha value is -2.08. The molecule has 138 valence electrons. The Kier molecular flexibility index (Phi) is 6.89. The van der Waals surface area contributed by atoms with Crippen LogP contribution in [0.3, 0.4) is 0 Å². The van der Waals surface area contributed by atoms with Gasteiger partial charge >= 0.3 is 0 Å². The third-order valence-electron chi connectivity index (χ3n) is 4.55. The van der Waals surface area contributed by atoms with Crippen molar-refractivity contribution >= 4 is 17.7 Å². The Morgan fingerprint density at radius 1 is 1.15 bits per heavy atom. The molecular weight excluding hydrogens is 346 g/mol. The summed E-state index contributed by atoms with van der Waals surface area (Å²) in [6.07, 6.45) is 7.11. The molecule has 2 aromatic rings. The van der Waals surface area contributed by atoms with Gasteiger partial charge in [-0.3, -0.25) is 9.59 Å². The summed E-state index contributed by atoms with van der Waals surface area (Å²) in [6.45, 7) is 0. The first-order chi connectivity index (χ1) is 12.7. The molecule has 1 aromatic heterocycles. The predicted octanol–water partition coefficient (Wildman–Crippen LogP) is 3.44. The largest absolute Gasteiger partial charge is 0.353 e. The van der Waals surface area contributed by atoms with E-state index < -0.39 is 0 Å². The van der Waals surface area contributed by atoms with E-state index in [1.54, 1.807) is 0 Å². The van der Waals surface area contributed by atoms with Crippen LogP contribution in [0.1, 0.15) is 49.8 Å². The zero-order valence-corrected chi connectivity index (χ0v) is 15.7. The number of hydrogen-bond donors (Lipinski definition) is 2. The van der Waals surface area contributed by atoms with E-state index in [1.807, 2.05) is 30.3 Å². The van der Waals surface area contributed by atoms with E-state index in [2.05, 4.69) is 15.3 Å². The van der Waals surface area contributed by atoms with E-state index in [1.165, 1.54) is 43.5 Å². The summed E-state index contributed by atoms with van der Waals surface area (Å²) in [5.41, 5.74) is 1.47. The first-order valence-corrected chi connectivity index (χ1v) is 10.2. The molecule has 0 saturated heterocycles. The summed E-state index contributed by atoms with van der Waals surface area (Å²) in [5, 5.41) is 3.66. The van der Waals surface area contributed by atoms with Gasteiger partial charge in [-0.1, -0.05) is 67.8 Å². The molecule has 0 aliphatic heterocycles. The summed E-state index contributed by atoms with van der Waals surface area (Å²) >= 11 is 1.47. The standard InChI is InChI=1S/C20H25N3O2S/c24-18(21-16-10-6-1-2-7-11-16)12-17-13-19(25)23-20(22-17)26-14-15-8-4-3-5-9-15/h3-5,8-9,13,16H,1-2,6-7,10-12,14H2,(H,21,24)(H,22,23,25). The predicted molar refractivity (Wildman–Crippen MR) is 104 cm³/mol. The molecular formula is C20H25N3O2S. The lowest BCUT2D eigenvalue weighted by Crippen LogP contribution is -2.35. The van der Waals surface area contributed by atoms with Crippen molar-refractivity contribution in [3.63, 3.8) is 0 Å². The topological polar surface area (TPSA) is 74.8 Å². The van der Waals surface area contributed by atoms with E-state index in [0.717, 1.165) is 24.2 Å². The average Bonchev–Trinajstić information content (AvgIpc) is 2.89. The molecule has 0 atom stereocenters. The molecule has 3 rings (SSSR count). The maximum atomic E-state index is 12.3. The van der Waals surface area contributed by atoms with Crippen LogP contribution in [0.15, 0.2) is 46.3 Å². The number of hydrogen-bond acceptors (Lipinski definition) is 4. The average molecular weight is 372 g/mol. The van der Waals surface area contributed by atoms with Crippen molar-refractivity contribution in [2.24, 2.45) is 0 Å². The highest BCUT2D eigenvalue weighted by atomic mass is 32.2. The number of carbonyl (C=O) groups is 1. The van der Waals surface area contributed by atoms with Crippen LogP contribution in [0.4, 0.5) is 0 Å².